The maximum absolute atomic E-state index is 4.40. The average Bonchev–Trinajstić information content (AvgIpc) is 2.67. The predicted molar refractivity (Wildman–Crippen MR) is 62.7 cm³/mol. The number of H-pyrrole nitrogens is 1. The molecule has 0 radical (unpaired) electrons. The standard InChI is InChI=1S/C12H13N3/c1-2-3-6-9-13-12-14-10-7-4-5-8-11(10)15-12/h4-5,7-8H,6,9H2,1H3,(H2,13,14,15). The molecule has 0 atom stereocenters. The highest BCUT2D eigenvalue weighted by molar-refractivity contribution is 5.77. The van der Waals surface area contributed by atoms with Crippen molar-refractivity contribution in [2.24, 2.45) is 0 Å². The molecule has 0 saturated heterocycles. The molecule has 15 heavy (non-hydrogen) atoms. The van der Waals surface area contributed by atoms with Crippen LogP contribution in [0.25, 0.3) is 11.0 Å². The van der Waals surface area contributed by atoms with Crippen LogP contribution < -0.4 is 5.32 Å². The van der Waals surface area contributed by atoms with Crippen LogP contribution in [0.15, 0.2) is 24.3 Å². The van der Waals surface area contributed by atoms with Crippen molar-refractivity contribution in [3.8, 4) is 11.8 Å². The number of aromatic amines is 1. The third-order valence-corrected chi connectivity index (χ3v) is 2.11. The molecule has 0 aliphatic carbocycles. The van der Waals surface area contributed by atoms with E-state index in [1.165, 1.54) is 0 Å². The molecule has 1 aromatic heterocycles. The number of aromatic nitrogens is 2. The molecule has 0 unspecified atom stereocenters. The second-order valence-corrected chi connectivity index (χ2v) is 3.21. The van der Waals surface area contributed by atoms with E-state index in [0.29, 0.717) is 0 Å². The highest BCUT2D eigenvalue weighted by atomic mass is 15.1. The number of nitrogens with zero attached hydrogens (tertiary/aromatic N) is 1. The third-order valence-electron chi connectivity index (χ3n) is 2.11. The maximum atomic E-state index is 4.40. The Balaban J connectivity index is 2.04. The van der Waals surface area contributed by atoms with Crippen LogP contribution in [0, 0.1) is 11.8 Å². The molecule has 0 saturated carbocycles. The van der Waals surface area contributed by atoms with Crippen molar-refractivity contribution < 1.29 is 0 Å². The van der Waals surface area contributed by atoms with Crippen LogP contribution in [0.2, 0.25) is 0 Å². The minimum absolute atomic E-state index is 0.814. The zero-order chi connectivity index (χ0) is 10.5. The summed E-state index contributed by atoms with van der Waals surface area (Å²) in [5, 5.41) is 3.20. The number of fused-ring (bicyclic) bond motifs is 1. The van der Waals surface area contributed by atoms with Gasteiger partial charge in [0.15, 0.2) is 0 Å². The second-order valence-electron chi connectivity index (χ2n) is 3.21. The Kier molecular flexibility index (Phi) is 2.89. The molecular weight excluding hydrogens is 186 g/mol. The molecule has 3 heteroatoms. The van der Waals surface area contributed by atoms with Gasteiger partial charge in [-0.2, -0.15) is 0 Å². The normalized spacial score (nSPS) is 9.67. The zero-order valence-corrected chi connectivity index (χ0v) is 8.67. The fourth-order valence-corrected chi connectivity index (χ4v) is 1.40. The average molecular weight is 199 g/mol. The van der Waals surface area contributed by atoms with Crippen molar-refractivity contribution >= 4 is 17.0 Å². The molecule has 0 bridgehead atoms. The molecule has 76 valence electrons. The lowest BCUT2D eigenvalue weighted by molar-refractivity contribution is 1.06. The molecule has 0 aliphatic heterocycles. The summed E-state index contributed by atoms with van der Waals surface area (Å²) in [6, 6.07) is 7.98. The Hall–Kier alpha value is -1.95. The van der Waals surface area contributed by atoms with Crippen LogP contribution in [-0.4, -0.2) is 16.5 Å². The number of benzene rings is 1. The summed E-state index contributed by atoms with van der Waals surface area (Å²) in [7, 11) is 0. The first kappa shape index (κ1) is 9.60. The minimum atomic E-state index is 0.814. The molecule has 2 rings (SSSR count). The van der Waals surface area contributed by atoms with E-state index in [1.54, 1.807) is 0 Å². The summed E-state index contributed by atoms with van der Waals surface area (Å²) in [5.41, 5.74) is 2.04. The molecule has 3 nitrogen and oxygen atoms in total. The Morgan fingerprint density at radius 1 is 1.40 bits per heavy atom. The van der Waals surface area contributed by atoms with Crippen LogP contribution >= 0.6 is 0 Å². The first-order valence-electron chi connectivity index (χ1n) is 4.98. The van der Waals surface area contributed by atoms with Crippen LogP contribution in [0.4, 0.5) is 5.95 Å². The van der Waals surface area contributed by atoms with Crippen molar-refractivity contribution in [3.63, 3.8) is 0 Å². The van der Waals surface area contributed by atoms with Crippen molar-refractivity contribution in [2.45, 2.75) is 13.3 Å². The van der Waals surface area contributed by atoms with Crippen molar-refractivity contribution in [1.82, 2.24) is 9.97 Å². The lowest BCUT2D eigenvalue weighted by atomic mass is 10.3. The van der Waals surface area contributed by atoms with Crippen LogP contribution in [-0.2, 0) is 0 Å². The largest absolute Gasteiger partial charge is 0.355 e. The first-order valence-corrected chi connectivity index (χ1v) is 4.98. The molecule has 0 aliphatic rings. The van der Waals surface area contributed by atoms with E-state index >= 15 is 0 Å². The fraction of sp³-hybridized carbons (Fsp3) is 0.250. The number of para-hydroxylation sites is 2. The van der Waals surface area contributed by atoms with Crippen molar-refractivity contribution in [1.29, 1.82) is 0 Å². The number of nitrogens with one attached hydrogen (secondary N) is 2. The van der Waals surface area contributed by atoms with Gasteiger partial charge in [-0.15, -0.1) is 11.8 Å². The highest BCUT2D eigenvalue weighted by Crippen LogP contribution is 2.12. The Bertz CT molecular complexity index is 469. The van der Waals surface area contributed by atoms with Gasteiger partial charge in [0.1, 0.15) is 0 Å². The van der Waals surface area contributed by atoms with E-state index in [1.807, 2.05) is 31.2 Å². The van der Waals surface area contributed by atoms with E-state index in [4.69, 9.17) is 0 Å². The molecule has 1 aromatic carbocycles. The van der Waals surface area contributed by atoms with Gasteiger partial charge in [-0.3, -0.25) is 0 Å². The van der Waals surface area contributed by atoms with Gasteiger partial charge in [0, 0.05) is 13.0 Å². The van der Waals surface area contributed by atoms with E-state index < -0.39 is 0 Å². The van der Waals surface area contributed by atoms with Crippen LogP contribution in [0.1, 0.15) is 13.3 Å². The number of imidazole rings is 1. The summed E-state index contributed by atoms with van der Waals surface area (Å²) in [5.74, 6) is 6.67. The second kappa shape index (κ2) is 4.52. The van der Waals surface area contributed by atoms with Gasteiger partial charge in [0.25, 0.3) is 0 Å². The predicted octanol–water partition coefficient (Wildman–Crippen LogP) is 2.39. The molecule has 0 amide bonds. The van der Waals surface area contributed by atoms with E-state index in [2.05, 4.69) is 27.1 Å². The fourth-order valence-electron chi connectivity index (χ4n) is 1.40. The van der Waals surface area contributed by atoms with Gasteiger partial charge in [0.05, 0.1) is 11.0 Å². The van der Waals surface area contributed by atoms with E-state index in [0.717, 1.165) is 29.9 Å². The smallest absolute Gasteiger partial charge is 0.201 e. The Morgan fingerprint density at radius 2 is 2.27 bits per heavy atom. The Labute approximate surface area is 88.9 Å². The van der Waals surface area contributed by atoms with Crippen LogP contribution in [0.3, 0.4) is 0 Å². The maximum Gasteiger partial charge on any atom is 0.201 e. The number of hydrogen-bond acceptors (Lipinski definition) is 2. The van der Waals surface area contributed by atoms with Gasteiger partial charge in [-0.05, 0) is 19.1 Å². The third kappa shape index (κ3) is 2.29. The van der Waals surface area contributed by atoms with Gasteiger partial charge in [0.2, 0.25) is 5.95 Å². The SMILES string of the molecule is CC#CCCNc1nc2ccccc2[nH]1. The van der Waals surface area contributed by atoms with Gasteiger partial charge < -0.3 is 10.3 Å². The first-order chi connectivity index (χ1) is 7.40. The number of rotatable bonds is 3. The van der Waals surface area contributed by atoms with Gasteiger partial charge in [-0.1, -0.05) is 12.1 Å². The van der Waals surface area contributed by atoms with Crippen molar-refractivity contribution in [3.05, 3.63) is 24.3 Å². The monoisotopic (exact) mass is 199 g/mol. The molecule has 2 aromatic rings. The summed E-state index contributed by atoms with van der Waals surface area (Å²) >= 11 is 0. The van der Waals surface area contributed by atoms with E-state index in [-0.39, 0.29) is 0 Å². The zero-order valence-electron chi connectivity index (χ0n) is 8.67. The number of hydrogen-bond donors (Lipinski definition) is 2. The lowest BCUT2D eigenvalue weighted by Gasteiger charge is -1.96. The topological polar surface area (TPSA) is 40.7 Å². The molecule has 2 N–H and O–H groups in total. The van der Waals surface area contributed by atoms with Gasteiger partial charge in [-0.25, -0.2) is 4.98 Å². The quantitative estimate of drug-likeness (QED) is 0.588. The summed E-state index contributed by atoms with van der Waals surface area (Å²) < 4.78 is 0. The molecule has 1 heterocycles. The van der Waals surface area contributed by atoms with Gasteiger partial charge >= 0.3 is 0 Å². The van der Waals surface area contributed by atoms with Crippen LogP contribution in [0.5, 0.6) is 0 Å². The summed E-state index contributed by atoms with van der Waals surface area (Å²) in [4.78, 5) is 7.60. The number of anilines is 1. The Morgan fingerprint density at radius 3 is 3.07 bits per heavy atom. The lowest BCUT2D eigenvalue weighted by Crippen LogP contribution is -2.01. The van der Waals surface area contributed by atoms with Crippen molar-refractivity contribution in [2.75, 3.05) is 11.9 Å². The molecule has 0 fully saturated rings. The molecule has 0 spiro atoms. The summed E-state index contributed by atoms with van der Waals surface area (Å²) in [6.45, 7) is 2.67. The summed E-state index contributed by atoms with van der Waals surface area (Å²) in [6.07, 6.45) is 0.841. The highest BCUT2D eigenvalue weighted by Gasteiger charge is 1.99. The minimum Gasteiger partial charge on any atom is -0.355 e. The molecular formula is C12H13N3. The van der Waals surface area contributed by atoms with E-state index in [9.17, 15) is 0 Å².